The molecule has 166 valence electrons. The van der Waals surface area contributed by atoms with Gasteiger partial charge in [-0.15, -0.1) is 0 Å². The molecule has 2 saturated heterocycles. The van der Waals surface area contributed by atoms with Crippen LogP contribution in [-0.2, 0) is 11.3 Å². The van der Waals surface area contributed by atoms with Crippen molar-refractivity contribution < 1.29 is 9.18 Å². The van der Waals surface area contributed by atoms with Gasteiger partial charge in [0.25, 0.3) is 0 Å². The molecular weight excluding hydrogens is 391 g/mol. The van der Waals surface area contributed by atoms with Gasteiger partial charge in [-0.3, -0.25) is 14.6 Å². The van der Waals surface area contributed by atoms with E-state index < -0.39 is 0 Å². The first-order chi connectivity index (χ1) is 15.0. The highest BCUT2D eigenvalue weighted by molar-refractivity contribution is 5.78. The van der Waals surface area contributed by atoms with E-state index >= 15 is 0 Å². The molecule has 0 atom stereocenters. The van der Waals surface area contributed by atoms with Crippen molar-refractivity contribution in [3.8, 4) is 0 Å². The predicted molar refractivity (Wildman–Crippen MR) is 123 cm³/mol. The van der Waals surface area contributed by atoms with E-state index in [0.717, 1.165) is 57.9 Å². The summed E-state index contributed by atoms with van der Waals surface area (Å²) >= 11 is 0. The first kappa shape index (κ1) is 21.8. The van der Waals surface area contributed by atoms with Gasteiger partial charge in [0, 0.05) is 70.2 Å². The van der Waals surface area contributed by atoms with E-state index in [-0.39, 0.29) is 11.7 Å². The molecule has 0 N–H and O–H groups in total. The number of carbonyl (C=O) groups is 1. The van der Waals surface area contributed by atoms with E-state index in [4.69, 9.17) is 0 Å². The molecule has 0 radical (unpaired) electrons. The van der Waals surface area contributed by atoms with Crippen molar-refractivity contribution in [1.29, 1.82) is 0 Å². The normalized spacial score (nSPS) is 18.4. The van der Waals surface area contributed by atoms with Crippen LogP contribution in [0.1, 0.15) is 16.7 Å². The van der Waals surface area contributed by atoms with E-state index in [2.05, 4.69) is 46.7 Å². The zero-order valence-corrected chi connectivity index (χ0v) is 18.7. The molecule has 2 heterocycles. The smallest absolute Gasteiger partial charge is 0.236 e. The van der Waals surface area contributed by atoms with Crippen LogP contribution >= 0.6 is 0 Å². The fourth-order valence-corrected chi connectivity index (χ4v) is 4.54. The third-order valence-corrected chi connectivity index (χ3v) is 6.72. The number of aryl methyl sites for hydroxylation is 1. The van der Waals surface area contributed by atoms with Gasteiger partial charge < -0.3 is 9.80 Å². The molecule has 0 saturated carbocycles. The molecule has 2 aromatic rings. The second-order valence-corrected chi connectivity index (χ2v) is 8.73. The Labute approximate surface area is 185 Å². The zero-order valence-electron chi connectivity index (χ0n) is 18.7. The number of piperazine rings is 2. The minimum absolute atomic E-state index is 0.139. The van der Waals surface area contributed by atoms with Gasteiger partial charge in [0.2, 0.25) is 5.91 Å². The molecule has 6 heteroatoms. The van der Waals surface area contributed by atoms with Gasteiger partial charge in [0.15, 0.2) is 0 Å². The average molecular weight is 425 g/mol. The van der Waals surface area contributed by atoms with Crippen LogP contribution in [0.25, 0.3) is 0 Å². The van der Waals surface area contributed by atoms with Gasteiger partial charge in [-0.2, -0.15) is 0 Å². The molecular formula is C25H33FN4O. The number of anilines is 1. The molecule has 0 bridgehead atoms. The molecule has 2 aliphatic heterocycles. The molecule has 0 aliphatic carbocycles. The lowest BCUT2D eigenvalue weighted by atomic mass is 10.1. The van der Waals surface area contributed by atoms with Gasteiger partial charge in [-0.1, -0.05) is 30.3 Å². The molecule has 1 amide bonds. The van der Waals surface area contributed by atoms with E-state index in [1.807, 2.05) is 17.0 Å². The zero-order chi connectivity index (χ0) is 21.8. The molecule has 5 nitrogen and oxygen atoms in total. The molecule has 2 aromatic carbocycles. The van der Waals surface area contributed by atoms with Crippen LogP contribution in [0.2, 0.25) is 0 Å². The fraction of sp³-hybridized carbons (Fsp3) is 0.480. The van der Waals surface area contributed by atoms with Gasteiger partial charge in [0.05, 0.1) is 6.54 Å². The number of halogens is 1. The van der Waals surface area contributed by atoms with Crippen molar-refractivity contribution in [1.82, 2.24) is 14.7 Å². The highest BCUT2D eigenvalue weighted by Crippen LogP contribution is 2.24. The highest BCUT2D eigenvalue weighted by Gasteiger charge is 2.25. The maximum Gasteiger partial charge on any atom is 0.236 e. The largest absolute Gasteiger partial charge is 0.368 e. The summed E-state index contributed by atoms with van der Waals surface area (Å²) in [6.07, 6.45) is 0. The monoisotopic (exact) mass is 424 g/mol. The van der Waals surface area contributed by atoms with Gasteiger partial charge >= 0.3 is 0 Å². The van der Waals surface area contributed by atoms with Gasteiger partial charge in [-0.05, 0) is 37.1 Å². The van der Waals surface area contributed by atoms with Crippen LogP contribution in [-0.4, -0.2) is 79.5 Å². The topological polar surface area (TPSA) is 30.0 Å². The second kappa shape index (κ2) is 9.79. The first-order valence-corrected chi connectivity index (χ1v) is 11.3. The molecule has 0 unspecified atom stereocenters. The lowest BCUT2D eigenvalue weighted by Gasteiger charge is -2.39. The van der Waals surface area contributed by atoms with Crippen molar-refractivity contribution in [2.75, 3.05) is 63.8 Å². The maximum absolute atomic E-state index is 13.9. The van der Waals surface area contributed by atoms with Crippen molar-refractivity contribution >= 4 is 11.6 Å². The maximum atomic E-state index is 13.9. The van der Waals surface area contributed by atoms with Crippen molar-refractivity contribution in [3.05, 3.63) is 65.0 Å². The number of hydrogen-bond acceptors (Lipinski definition) is 4. The van der Waals surface area contributed by atoms with Crippen molar-refractivity contribution in [2.24, 2.45) is 0 Å². The van der Waals surface area contributed by atoms with E-state index in [1.165, 1.54) is 22.9 Å². The quantitative estimate of drug-likeness (QED) is 0.738. The summed E-state index contributed by atoms with van der Waals surface area (Å²) in [6.45, 7) is 12.2. The van der Waals surface area contributed by atoms with Crippen LogP contribution in [0.15, 0.2) is 42.5 Å². The second-order valence-electron chi connectivity index (χ2n) is 8.73. The van der Waals surface area contributed by atoms with E-state index in [0.29, 0.717) is 13.1 Å². The minimum Gasteiger partial charge on any atom is -0.368 e. The summed E-state index contributed by atoms with van der Waals surface area (Å²) in [5.74, 6) is 0.0864. The summed E-state index contributed by atoms with van der Waals surface area (Å²) in [7, 11) is 0. The lowest BCUT2D eigenvalue weighted by Crippen LogP contribution is -2.53. The Hall–Kier alpha value is -2.44. The number of amides is 1. The molecule has 2 fully saturated rings. The van der Waals surface area contributed by atoms with Crippen LogP contribution in [0.4, 0.5) is 10.1 Å². The third-order valence-electron chi connectivity index (χ3n) is 6.72. The molecule has 4 rings (SSSR count). The predicted octanol–water partition coefficient (Wildman–Crippen LogP) is 2.91. The minimum atomic E-state index is -0.139. The Morgan fingerprint density at radius 3 is 2.23 bits per heavy atom. The summed E-state index contributed by atoms with van der Waals surface area (Å²) in [5.41, 5.74) is 4.67. The van der Waals surface area contributed by atoms with Crippen molar-refractivity contribution in [3.63, 3.8) is 0 Å². The highest BCUT2D eigenvalue weighted by atomic mass is 19.1. The van der Waals surface area contributed by atoms with Crippen molar-refractivity contribution in [2.45, 2.75) is 20.4 Å². The van der Waals surface area contributed by atoms with Crippen LogP contribution < -0.4 is 4.90 Å². The molecule has 2 aliphatic rings. The Kier molecular flexibility index (Phi) is 6.88. The Morgan fingerprint density at radius 2 is 1.52 bits per heavy atom. The van der Waals surface area contributed by atoms with Crippen LogP contribution in [0, 0.1) is 19.7 Å². The average Bonchev–Trinajstić information content (AvgIpc) is 2.79. The molecule has 0 spiro atoms. The number of benzene rings is 2. The molecule has 31 heavy (non-hydrogen) atoms. The molecule has 0 aromatic heterocycles. The summed E-state index contributed by atoms with van der Waals surface area (Å²) in [4.78, 5) is 21.8. The van der Waals surface area contributed by atoms with E-state index in [1.54, 1.807) is 6.07 Å². The van der Waals surface area contributed by atoms with Gasteiger partial charge in [0.1, 0.15) is 5.82 Å². The van der Waals surface area contributed by atoms with Crippen LogP contribution in [0.5, 0.6) is 0 Å². The Balaban J connectivity index is 1.22. The Morgan fingerprint density at radius 1 is 0.839 bits per heavy atom. The summed E-state index contributed by atoms with van der Waals surface area (Å²) in [6, 6.07) is 13.4. The summed E-state index contributed by atoms with van der Waals surface area (Å²) < 4.78 is 13.9. The summed E-state index contributed by atoms with van der Waals surface area (Å²) in [5, 5.41) is 0. The Bertz CT molecular complexity index is 902. The number of carbonyl (C=O) groups excluding carboxylic acids is 1. The number of nitrogens with zero attached hydrogens (tertiary/aromatic N) is 4. The number of rotatable bonds is 5. The SMILES string of the molecule is Cc1cccc(N2CCN(C(=O)CN3CCN(Cc4ccccc4F)CC3)CC2)c1C. The van der Waals surface area contributed by atoms with Gasteiger partial charge in [-0.25, -0.2) is 4.39 Å². The standard InChI is InChI=1S/C25H33FN4O/c1-20-6-5-9-24(21(20)2)29-14-16-30(17-15-29)25(31)19-28-12-10-27(11-13-28)18-22-7-3-4-8-23(22)26/h3-9H,10-19H2,1-2H3. The fourth-order valence-electron chi connectivity index (χ4n) is 4.54. The number of hydrogen-bond donors (Lipinski definition) is 0. The van der Waals surface area contributed by atoms with E-state index in [9.17, 15) is 9.18 Å². The third kappa shape index (κ3) is 5.25. The lowest BCUT2D eigenvalue weighted by molar-refractivity contribution is -0.133. The van der Waals surface area contributed by atoms with Crippen LogP contribution in [0.3, 0.4) is 0 Å². The first-order valence-electron chi connectivity index (χ1n) is 11.3.